The molecule has 0 atom stereocenters. The highest BCUT2D eigenvalue weighted by Gasteiger charge is 2.13. The van der Waals surface area contributed by atoms with Crippen LogP contribution in [0.15, 0.2) is 14.0 Å². The van der Waals surface area contributed by atoms with Gasteiger partial charge in [0.15, 0.2) is 11.8 Å². The number of nitrogens with zero attached hydrogens (tertiary/aromatic N) is 4. The van der Waals surface area contributed by atoms with Gasteiger partial charge in [-0.3, -0.25) is 0 Å². The molecule has 2 N–H and O–H groups in total. The maximum Gasteiger partial charge on any atom is 0.246 e. The van der Waals surface area contributed by atoms with E-state index in [1.54, 1.807) is 6.92 Å². The quantitative estimate of drug-likeness (QED) is 0.592. The minimum Gasteiger partial charge on any atom is -0.361 e. The second kappa shape index (κ2) is 8.30. The van der Waals surface area contributed by atoms with Crippen molar-refractivity contribution >= 4 is 5.96 Å². The molecule has 2 aromatic rings. The fourth-order valence-corrected chi connectivity index (χ4v) is 2.19. The van der Waals surface area contributed by atoms with Crippen molar-refractivity contribution < 1.29 is 9.05 Å². The van der Waals surface area contributed by atoms with Gasteiger partial charge in [-0.05, 0) is 20.3 Å². The molecule has 0 saturated heterocycles. The summed E-state index contributed by atoms with van der Waals surface area (Å²) < 4.78 is 10.5. The second-order valence-corrected chi connectivity index (χ2v) is 5.02. The molecule has 0 radical (unpaired) electrons. The van der Waals surface area contributed by atoms with Crippen LogP contribution in [0.4, 0.5) is 0 Å². The van der Waals surface area contributed by atoms with E-state index in [4.69, 9.17) is 9.05 Å². The molecular formula is C15H24N6O2. The van der Waals surface area contributed by atoms with Gasteiger partial charge in [0, 0.05) is 18.5 Å². The van der Waals surface area contributed by atoms with Crippen molar-refractivity contribution in [3.8, 4) is 0 Å². The minimum atomic E-state index is 0.428. The zero-order valence-electron chi connectivity index (χ0n) is 14.1. The third kappa shape index (κ3) is 4.54. The summed E-state index contributed by atoms with van der Waals surface area (Å²) in [6, 6.07) is 0. The van der Waals surface area contributed by atoms with Gasteiger partial charge in [-0.2, -0.15) is 4.98 Å². The fraction of sp³-hybridized carbons (Fsp3) is 0.600. The van der Waals surface area contributed by atoms with Crippen LogP contribution in [0.2, 0.25) is 0 Å². The molecule has 0 amide bonds. The predicted molar refractivity (Wildman–Crippen MR) is 85.9 cm³/mol. The highest BCUT2D eigenvalue weighted by atomic mass is 16.5. The van der Waals surface area contributed by atoms with E-state index >= 15 is 0 Å². The maximum atomic E-state index is 5.37. The van der Waals surface area contributed by atoms with Gasteiger partial charge in [-0.25, -0.2) is 4.99 Å². The van der Waals surface area contributed by atoms with Gasteiger partial charge < -0.3 is 19.7 Å². The highest BCUT2D eigenvalue weighted by Crippen LogP contribution is 2.16. The Labute approximate surface area is 135 Å². The number of aromatic nitrogens is 3. The Morgan fingerprint density at radius 2 is 1.91 bits per heavy atom. The van der Waals surface area contributed by atoms with Crippen LogP contribution >= 0.6 is 0 Å². The molecule has 8 nitrogen and oxygen atoms in total. The Balaban J connectivity index is 2.04. The van der Waals surface area contributed by atoms with Crippen molar-refractivity contribution in [2.45, 2.75) is 53.6 Å². The lowest BCUT2D eigenvalue weighted by Crippen LogP contribution is -2.36. The minimum absolute atomic E-state index is 0.428. The summed E-state index contributed by atoms with van der Waals surface area (Å²) in [5.74, 6) is 2.73. The largest absolute Gasteiger partial charge is 0.361 e. The third-order valence-corrected chi connectivity index (χ3v) is 3.32. The summed E-state index contributed by atoms with van der Waals surface area (Å²) >= 11 is 0. The van der Waals surface area contributed by atoms with E-state index in [1.165, 1.54) is 0 Å². The first kappa shape index (κ1) is 17.0. The maximum absolute atomic E-state index is 5.37. The van der Waals surface area contributed by atoms with Gasteiger partial charge in [0.2, 0.25) is 5.89 Å². The summed E-state index contributed by atoms with van der Waals surface area (Å²) in [5.41, 5.74) is 2.04. The van der Waals surface area contributed by atoms with E-state index < -0.39 is 0 Å². The molecule has 0 saturated carbocycles. The average molecular weight is 320 g/mol. The standard InChI is InChI=1S/C15H24N6O2/c1-5-12-11(13(6-2)22-21-12)8-17-15(16-7-3)18-9-14-19-10(4)20-23-14/h5-9H2,1-4H3,(H2,16,17,18). The SMILES string of the molecule is CCNC(=NCc1c(CC)noc1CC)NCc1nc(C)no1. The molecule has 8 heteroatoms. The number of guanidine groups is 1. The van der Waals surface area contributed by atoms with Crippen LogP contribution in [-0.4, -0.2) is 27.8 Å². The smallest absolute Gasteiger partial charge is 0.246 e. The fourth-order valence-electron chi connectivity index (χ4n) is 2.19. The van der Waals surface area contributed by atoms with Crippen LogP contribution in [0.5, 0.6) is 0 Å². The van der Waals surface area contributed by atoms with Crippen LogP contribution in [0, 0.1) is 6.92 Å². The molecule has 0 unspecified atom stereocenters. The summed E-state index contributed by atoms with van der Waals surface area (Å²) in [5, 5.41) is 14.2. The molecule has 0 bridgehead atoms. The lowest BCUT2D eigenvalue weighted by atomic mass is 10.1. The first-order chi connectivity index (χ1) is 11.2. The Bertz CT molecular complexity index is 625. The molecule has 0 aliphatic rings. The molecule has 0 spiro atoms. The van der Waals surface area contributed by atoms with E-state index in [0.29, 0.717) is 30.8 Å². The van der Waals surface area contributed by atoms with E-state index in [0.717, 1.165) is 36.4 Å². The number of nitrogens with one attached hydrogen (secondary N) is 2. The van der Waals surface area contributed by atoms with E-state index in [2.05, 4.69) is 44.8 Å². The zero-order chi connectivity index (χ0) is 16.7. The van der Waals surface area contributed by atoms with E-state index in [1.807, 2.05) is 6.92 Å². The third-order valence-electron chi connectivity index (χ3n) is 3.32. The molecule has 0 fully saturated rings. The van der Waals surface area contributed by atoms with Crippen molar-refractivity contribution in [2.75, 3.05) is 6.54 Å². The van der Waals surface area contributed by atoms with Crippen LogP contribution in [0.25, 0.3) is 0 Å². The lowest BCUT2D eigenvalue weighted by molar-refractivity contribution is 0.371. The van der Waals surface area contributed by atoms with Crippen molar-refractivity contribution in [1.82, 2.24) is 25.9 Å². The van der Waals surface area contributed by atoms with Crippen molar-refractivity contribution in [2.24, 2.45) is 4.99 Å². The zero-order valence-corrected chi connectivity index (χ0v) is 14.1. The molecule has 0 aliphatic heterocycles. The van der Waals surface area contributed by atoms with Crippen molar-refractivity contribution in [3.63, 3.8) is 0 Å². The van der Waals surface area contributed by atoms with Crippen LogP contribution < -0.4 is 10.6 Å². The van der Waals surface area contributed by atoms with Gasteiger partial charge in [-0.15, -0.1) is 0 Å². The van der Waals surface area contributed by atoms with Crippen LogP contribution in [-0.2, 0) is 25.9 Å². The number of hydrogen-bond donors (Lipinski definition) is 2. The monoisotopic (exact) mass is 320 g/mol. The Morgan fingerprint density at radius 1 is 1.09 bits per heavy atom. The van der Waals surface area contributed by atoms with Crippen LogP contribution in [0.3, 0.4) is 0 Å². The molecule has 23 heavy (non-hydrogen) atoms. The highest BCUT2D eigenvalue weighted by molar-refractivity contribution is 5.79. The molecule has 2 rings (SSSR count). The second-order valence-electron chi connectivity index (χ2n) is 5.02. The average Bonchev–Trinajstić information content (AvgIpc) is 3.15. The Morgan fingerprint density at radius 3 is 2.52 bits per heavy atom. The first-order valence-corrected chi connectivity index (χ1v) is 7.95. The van der Waals surface area contributed by atoms with Gasteiger partial charge in [-0.1, -0.05) is 24.2 Å². The van der Waals surface area contributed by atoms with E-state index in [-0.39, 0.29) is 0 Å². The lowest BCUT2D eigenvalue weighted by Gasteiger charge is -2.09. The summed E-state index contributed by atoms with van der Waals surface area (Å²) in [4.78, 5) is 8.76. The summed E-state index contributed by atoms with van der Waals surface area (Å²) in [7, 11) is 0. The molecule has 2 heterocycles. The number of hydrogen-bond acceptors (Lipinski definition) is 6. The summed E-state index contributed by atoms with van der Waals surface area (Å²) in [6.45, 7) is 9.63. The molecule has 126 valence electrons. The first-order valence-electron chi connectivity index (χ1n) is 7.95. The van der Waals surface area contributed by atoms with Crippen molar-refractivity contribution in [1.29, 1.82) is 0 Å². The summed E-state index contributed by atoms with van der Waals surface area (Å²) in [6.07, 6.45) is 1.64. The number of rotatable bonds is 7. The molecule has 2 aromatic heterocycles. The topological polar surface area (TPSA) is 101 Å². The molecular weight excluding hydrogens is 296 g/mol. The molecule has 0 aromatic carbocycles. The Kier molecular flexibility index (Phi) is 6.13. The normalized spacial score (nSPS) is 11.7. The Hall–Kier alpha value is -2.38. The van der Waals surface area contributed by atoms with Gasteiger partial charge in [0.05, 0.1) is 18.8 Å². The van der Waals surface area contributed by atoms with Gasteiger partial charge in [0.25, 0.3) is 0 Å². The molecule has 0 aliphatic carbocycles. The number of aryl methyl sites for hydroxylation is 3. The predicted octanol–water partition coefficient (Wildman–Crippen LogP) is 1.75. The van der Waals surface area contributed by atoms with Gasteiger partial charge >= 0.3 is 0 Å². The number of aliphatic imine (C=N–C) groups is 1. The van der Waals surface area contributed by atoms with Crippen molar-refractivity contribution in [3.05, 3.63) is 28.7 Å². The van der Waals surface area contributed by atoms with Crippen LogP contribution in [0.1, 0.15) is 49.5 Å². The van der Waals surface area contributed by atoms with Gasteiger partial charge in [0.1, 0.15) is 5.76 Å². The van der Waals surface area contributed by atoms with E-state index in [9.17, 15) is 0 Å².